The van der Waals surface area contributed by atoms with Crippen LogP contribution in [0.5, 0.6) is 0 Å². The lowest BCUT2D eigenvalue weighted by Gasteiger charge is -2.19. The van der Waals surface area contributed by atoms with Crippen LogP contribution in [0.25, 0.3) is 0 Å². The van der Waals surface area contributed by atoms with E-state index in [1.54, 1.807) is 0 Å². The molecular weight excluding hydrogens is 291 g/mol. The highest BCUT2D eigenvalue weighted by Gasteiger charge is 2.31. The molecule has 0 aromatic heterocycles. The zero-order valence-corrected chi connectivity index (χ0v) is 11.5. The fourth-order valence-electron chi connectivity index (χ4n) is 2.47. The molecule has 1 saturated carbocycles. The third kappa shape index (κ3) is 3.45. The number of hydrogen-bond donors (Lipinski definition) is 1. The van der Waals surface area contributed by atoms with Crippen LogP contribution >= 0.6 is 11.6 Å². The Balaban J connectivity index is 2.02. The molecule has 2 atom stereocenters. The monoisotopic (exact) mass is 305 g/mol. The number of nitrogens with one attached hydrogen (secondary N) is 1. The highest BCUT2D eigenvalue weighted by Crippen LogP contribution is 2.29. The van der Waals surface area contributed by atoms with E-state index in [1.165, 1.54) is 12.1 Å². The molecule has 0 heterocycles. The topological polar surface area (TPSA) is 29.1 Å². The number of carbonyl (C=O) groups excluding carboxylic acids is 1. The van der Waals surface area contributed by atoms with Gasteiger partial charge in [0, 0.05) is 17.5 Å². The van der Waals surface area contributed by atoms with Crippen molar-refractivity contribution in [3.63, 3.8) is 0 Å². The second-order valence-electron chi connectivity index (χ2n) is 5.00. The minimum Gasteiger partial charge on any atom is -0.349 e. The van der Waals surface area contributed by atoms with Crippen LogP contribution in [-0.2, 0) is 6.18 Å². The van der Waals surface area contributed by atoms with E-state index in [0.717, 1.165) is 31.4 Å². The average molecular weight is 306 g/mol. The van der Waals surface area contributed by atoms with Crippen LogP contribution in [0.3, 0.4) is 0 Å². The van der Waals surface area contributed by atoms with Gasteiger partial charge in [-0.25, -0.2) is 0 Å². The summed E-state index contributed by atoms with van der Waals surface area (Å²) in [6.45, 7) is 0. The molecule has 6 heteroatoms. The molecule has 1 fully saturated rings. The Hall–Kier alpha value is -1.23. The summed E-state index contributed by atoms with van der Waals surface area (Å²) in [4.78, 5) is 12.0. The van der Waals surface area contributed by atoms with Gasteiger partial charge in [-0.1, -0.05) is 6.42 Å². The lowest BCUT2D eigenvalue weighted by Crippen LogP contribution is -2.37. The predicted molar refractivity (Wildman–Crippen MR) is 70.8 cm³/mol. The van der Waals surface area contributed by atoms with Crippen LogP contribution in [0.1, 0.15) is 35.2 Å². The molecule has 0 radical (unpaired) electrons. The van der Waals surface area contributed by atoms with E-state index in [0.29, 0.717) is 5.88 Å². The number of benzene rings is 1. The Morgan fingerprint density at radius 3 is 2.45 bits per heavy atom. The third-order valence-electron chi connectivity index (χ3n) is 3.65. The fourth-order valence-corrected chi connectivity index (χ4v) is 2.84. The Bertz CT molecular complexity index is 472. The first-order valence-electron chi connectivity index (χ1n) is 6.46. The molecule has 20 heavy (non-hydrogen) atoms. The summed E-state index contributed by atoms with van der Waals surface area (Å²) in [6, 6.07) is 4.25. The predicted octanol–water partition coefficient (Wildman–Crippen LogP) is 3.84. The van der Waals surface area contributed by atoms with Crippen molar-refractivity contribution in [1.29, 1.82) is 0 Å². The molecule has 2 nitrogen and oxygen atoms in total. The minimum absolute atomic E-state index is 0.0160. The van der Waals surface area contributed by atoms with Gasteiger partial charge >= 0.3 is 6.18 Å². The quantitative estimate of drug-likeness (QED) is 0.845. The molecule has 0 spiro atoms. The van der Waals surface area contributed by atoms with Crippen molar-refractivity contribution in [2.75, 3.05) is 5.88 Å². The van der Waals surface area contributed by atoms with E-state index >= 15 is 0 Å². The Morgan fingerprint density at radius 2 is 1.90 bits per heavy atom. The van der Waals surface area contributed by atoms with Gasteiger partial charge in [-0.15, -0.1) is 11.6 Å². The van der Waals surface area contributed by atoms with Crippen LogP contribution in [0, 0.1) is 5.92 Å². The van der Waals surface area contributed by atoms with Crippen molar-refractivity contribution >= 4 is 17.5 Å². The molecule has 110 valence electrons. The molecule has 1 amide bonds. The SMILES string of the molecule is O=C(NC1CCCC1CCl)c1ccc(C(F)(F)F)cc1. The number of halogens is 4. The Kier molecular flexibility index (Phi) is 4.58. The molecule has 1 aliphatic carbocycles. The van der Waals surface area contributed by atoms with E-state index < -0.39 is 11.7 Å². The first kappa shape index (κ1) is 15.2. The molecule has 1 aliphatic rings. The van der Waals surface area contributed by atoms with E-state index in [-0.39, 0.29) is 23.4 Å². The highest BCUT2D eigenvalue weighted by molar-refractivity contribution is 6.18. The van der Waals surface area contributed by atoms with Crippen molar-refractivity contribution in [3.05, 3.63) is 35.4 Å². The molecule has 1 aromatic rings. The highest BCUT2D eigenvalue weighted by atomic mass is 35.5. The molecule has 2 unspecified atom stereocenters. The second-order valence-corrected chi connectivity index (χ2v) is 5.31. The smallest absolute Gasteiger partial charge is 0.349 e. The van der Waals surface area contributed by atoms with Gasteiger partial charge in [-0.2, -0.15) is 13.2 Å². The van der Waals surface area contributed by atoms with Crippen molar-refractivity contribution in [3.8, 4) is 0 Å². The normalized spacial score (nSPS) is 22.8. The maximum Gasteiger partial charge on any atom is 0.416 e. The van der Waals surface area contributed by atoms with Crippen LogP contribution in [-0.4, -0.2) is 17.8 Å². The minimum atomic E-state index is -4.38. The molecule has 0 bridgehead atoms. The Morgan fingerprint density at radius 1 is 1.25 bits per heavy atom. The number of alkyl halides is 4. The van der Waals surface area contributed by atoms with Gasteiger partial charge in [0.05, 0.1) is 5.56 Å². The lowest BCUT2D eigenvalue weighted by atomic mass is 10.1. The molecule has 0 aliphatic heterocycles. The maximum absolute atomic E-state index is 12.4. The first-order valence-corrected chi connectivity index (χ1v) is 6.99. The van der Waals surface area contributed by atoms with E-state index in [4.69, 9.17) is 11.6 Å². The second kappa shape index (κ2) is 6.04. The summed E-state index contributed by atoms with van der Waals surface area (Å²) in [7, 11) is 0. The van der Waals surface area contributed by atoms with Crippen molar-refractivity contribution in [2.24, 2.45) is 5.92 Å². The molecule has 1 aromatic carbocycles. The zero-order chi connectivity index (χ0) is 14.8. The maximum atomic E-state index is 12.4. The molecule has 0 saturated heterocycles. The first-order chi connectivity index (χ1) is 9.41. The van der Waals surface area contributed by atoms with Gasteiger partial charge in [0.25, 0.3) is 5.91 Å². The molecule has 2 rings (SSSR count). The number of rotatable bonds is 3. The van der Waals surface area contributed by atoms with Crippen LogP contribution in [0.4, 0.5) is 13.2 Å². The lowest BCUT2D eigenvalue weighted by molar-refractivity contribution is -0.137. The Labute approximate surface area is 120 Å². The van der Waals surface area contributed by atoms with E-state index in [1.807, 2.05) is 0 Å². The van der Waals surface area contributed by atoms with Crippen LogP contribution in [0.15, 0.2) is 24.3 Å². The summed E-state index contributed by atoms with van der Waals surface area (Å²) in [6.07, 6.45) is -1.54. The molecule has 1 N–H and O–H groups in total. The molecular formula is C14H15ClF3NO. The van der Waals surface area contributed by atoms with Gasteiger partial charge in [0.2, 0.25) is 0 Å². The van der Waals surface area contributed by atoms with Gasteiger partial charge in [0.15, 0.2) is 0 Å². The van der Waals surface area contributed by atoms with Crippen molar-refractivity contribution < 1.29 is 18.0 Å². The standard InChI is InChI=1S/C14H15ClF3NO/c15-8-10-2-1-3-12(10)19-13(20)9-4-6-11(7-5-9)14(16,17)18/h4-7,10,12H,1-3,8H2,(H,19,20). The van der Waals surface area contributed by atoms with Gasteiger partial charge in [-0.05, 0) is 43.0 Å². The number of hydrogen-bond acceptors (Lipinski definition) is 1. The van der Waals surface area contributed by atoms with E-state index in [9.17, 15) is 18.0 Å². The number of carbonyl (C=O) groups is 1. The van der Waals surface area contributed by atoms with Gasteiger partial charge in [-0.3, -0.25) is 4.79 Å². The van der Waals surface area contributed by atoms with Crippen LogP contribution in [0.2, 0.25) is 0 Å². The summed E-state index contributed by atoms with van der Waals surface area (Å²) in [5, 5.41) is 2.85. The summed E-state index contributed by atoms with van der Waals surface area (Å²) < 4.78 is 37.3. The van der Waals surface area contributed by atoms with Gasteiger partial charge in [0.1, 0.15) is 0 Å². The third-order valence-corrected chi connectivity index (χ3v) is 4.04. The summed E-state index contributed by atoms with van der Waals surface area (Å²) >= 11 is 5.83. The zero-order valence-electron chi connectivity index (χ0n) is 10.7. The van der Waals surface area contributed by atoms with Crippen molar-refractivity contribution in [2.45, 2.75) is 31.5 Å². The largest absolute Gasteiger partial charge is 0.416 e. The van der Waals surface area contributed by atoms with Crippen LogP contribution < -0.4 is 5.32 Å². The van der Waals surface area contributed by atoms with E-state index in [2.05, 4.69) is 5.32 Å². The van der Waals surface area contributed by atoms with Gasteiger partial charge < -0.3 is 5.32 Å². The summed E-state index contributed by atoms with van der Waals surface area (Å²) in [5.74, 6) is 0.383. The van der Waals surface area contributed by atoms with Crippen molar-refractivity contribution in [1.82, 2.24) is 5.32 Å². The number of amides is 1. The fraction of sp³-hybridized carbons (Fsp3) is 0.500. The average Bonchev–Trinajstić information content (AvgIpc) is 2.85. The summed E-state index contributed by atoms with van der Waals surface area (Å²) in [5.41, 5.74) is -0.522.